The van der Waals surface area contributed by atoms with E-state index in [1.807, 2.05) is 12.1 Å². The Morgan fingerprint density at radius 2 is 0.820 bits per heavy atom. The first kappa shape index (κ1) is 34.9. The monoisotopic (exact) mass is 778 g/mol. The van der Waals surface area contributed by atoms with E-state index in [4.69, 9.17) is 4.42 Å². The topological polar surface area (TPSA) is 21.3 Å². The van der Waals surface area contributed by atoms with Crippen LogP contribution < -0.4 is 4.90 Å². The maximum Gasteiger partial charge on any atom is 0.136 e. The molecule has 12 aromatic rings. The van der Waals surface area contributed by atoms with E-state index in [1.165, 1.54) is 49.3 Å². The molecule has 3 nitrogen and oxygen atoms in total. The second-order valence-corrected chi connectivity index (χ2v) is 15.8. The van der Waals surface area contributed by atoms with Crippen LogP contribution in [0.4, 0.5) is 17.1 Å². The molecule has 0 aliphatic heterocycles. The quantitative estimate of drug-likeness (QED) is 0.161. The summed E-state index contributed by atoms with van der Waals surface area (Å²) in [6.07, 6.45) is 0. The van der Waals surface area contributed by atoms with Crippen molar-refractivity contribution in [3.05, 3.63) is 231 Å². The number of anilines is 3. The predicted molar refractivity (Wildman–Crippen MR) is 257 cm³/mol. The average Bonchev–Trinajstić information content (AvgIpc) is 3.88. The number of aromatic nitrogens is 1. The Balaban J connectivity index is 0.936. The number of para-hydroxylation sites is 3. The standard InChI is InChI=1S/C58H38N2O/c1-2-12-42-35-45(24-23-39(42)11-1)41-27-32-48(33-28-41)59(49-15-10-14-44(37-49)46-29-34-54-53-19-5-8-22-57(53)61-58(54)38-46)47-30-25-40(26-31-47)43-13-9-16-50(36-43)60-55-20-6-3-17-51(55)52-18-4-7-21-56(52)60/h1-38H. The number of hydrogen-bond donors (Lipinski definition) is 0. The smallest absolute Gasteiger partial charge is 0.136 e. The second kappa shape index (κ2) is 14.3. The first-order chi connectivity index (χ1) is 30.2. The van der Waals surface area contributed by atoms with Gasteiger partial charge in [-0.1, -0.05) is 146 Å². The summed E-state index contributed by atoms with van der Waals surface area (Å²) in [4.78, 5) is 2.35. The van der Waals surface area contributed by atoms with Crippen LogP contribution >= 0.6 is 0 Å². The van der Waals surface area contributed by atoms with Crippen LogP contribution in [-0.2, 0) is 0 Å². The maximum atomic E-state index is 6.30. The first-order valence-corrected chi connectivity index (χ1v) is 20.8. The fraction of sp³-hybridized carbons (Fsp3) is 0. The molecular weight excluding hydrogens is 741 g/mol. The summed E-state index contributed by atoms with van der Waals surface area (Å²) in [5.41, 5.74) is 15.5. The highest BCUT2D eigenvalue weighted by Gasteiger charge is 2.17. The van der Waals surface area contributed by atoms with Crippen molar-refractivity contribution in [3.63, 3.8) is 0 Å². The summed E-state index contributed by atoms with van der Waals surface area (Å²) < 4.78 is 8.68. The van der Waals surface area contributed by atoms with Gasteiger partial charge >= 0.3 is 0 Å². The Bertz CT molecular complexity index is 3540. The number of nitrogens with zero attached hydrogens (tertiary/aromatic N) is 2. The van der Waals surface area contributed by atoms with E-state index in [2.05, 4.69) is 228 Å². The summed E-state index contributed by atoms with van der Waals surface area (Å²) in [7, 11) is 0. The van der Waals surface area contributed by atoms with Gasteiger partial charge in [0.25, 0.3) is 0 Å². The van der Waals surface area contributed by atoms with Crippen LogP contribution in [0.3, 0.4) is 0 Å². The maximum absolute atomic E-state index is 6.30. The zero-order chi connectivity index (χ0) is 40.3. The molecule has 2 heterocycles. The molecule has 12 rings (SSSR count). The largest absolute Gasteiger partial charge is 0.456 e. The number of benzene rings is 10. The molecule has 0 aliphatic carbocycles. The van der Waals surface area contributed by atoms with Gasteiger partial charge in [0.1, 0.15) is 11.2 Å². The Labute approximate surface area is 353 Å². The number of fused-ring (bicyclic) bond motifs is 7. The molecule has 0 atom stereocenters. The average molecular weight is 779 g/mol. The van der Waals surface area contributed by atoms with Crippen molar-refractivity contribution in [2.75, 3.05) is 4.90 Å². The molecule has 0 spiro atoms. The normalized spacial score (nSPS) is 11.6. The molecule has 0 saturated carbocycles. The predicted octanol–water partition coefficient (Wildman–Crippen LogP) is 16.3. The molecule has 0 bridgehead atoms. The van der Waals surface area contributed by atoms with Crippen LogP contribution in [0.15, 0.2) is 235 Å². The second-order valence-electron chi connectivity index (χ2n) is 15.8. The molecule has 0 fully saturated rings. The molecule has 286 valence electrons. The molecular formula is C58H38N2O. The summed E-state index contributed by atoms with van der Waals surface area (Å²) in [6.45, 7) is 0. The van der Waals surface area contributed by atoms with Crippen LogP contribution in [0.25, 0.3) is 93.6 Å². The van der Waals surface area contributed by atoms with Crippen LogP contribution in [0.5, 0.6) is 0 Å². The van der Waals surface area contributed by atoms with E-state index < -0.39 is 0 Å². The molecule has 0 amide bonds. The van der Waals surface area contributed by atoms with Crippen molar-refractivity contribution >= 4 is 71.6 Å². The molecule has 0 aliphatic rings. The molecule has 0 unspecified atom stereocenters. The van der Waals surface area contributed by atoms with Crippen molar-refractivity contribution < 1.29 is 4.42 Å². The van der Waals surface area contributed by atoms with Crippen LogP contribution in [-0.4, -0.2) is 4.57 Å². The van der Waals surface area contributed by atoms with Gasteiger partial charge < -0.3 is 13.9 Å². The third-order valence-corrected chi connectivity index (χ3v) is 12.2. The molecule has 0 radical (unpaired) electrons. The van der Waals surface area contributed by atoms with E-state index in [9.17, 15) is 0 Å². The van der Waals surface area contributed by atoms with Gasteiger partial charge in [-0.3, -0.25) is 0 Å². The van der Waals surface area contributed by atoms with Crippen molar-refractivity contribution in [3.8, 4) is 39.1 Å². The third kappa shape index (κ3) is 6.06. The van der Waals surface area contributed by atoms with Crippen LogP contribution in [0.1, 0.15) is 0 Å². The van der Waals surface area contributed by atoms with Gasteiger partial charge in [-0.05, 0) is 129 Å². The molecule has 61 heavy (non-hydrogen) atoms. The lowest BCUT2D eigenvalue weighted by molar-refractivity contribution is 0.669. The SMILES string of the molecule is c1cc(-c2ccc3c(c2)oc2ccccc23)cc(N(c2ccc(-c3cccc(-n4c5ccccc5c5ccccc54)c3)cc2)c2ccc(-c3ccc4ccccc4c3)cc2)c1. The zero-order valence-electron chi connectivity index (χ0n) is 33.2. The Morgan fingerprint density at radius 3 is 1.54 bits per heavy atom. The van der Waals surface area contributed by atoms with Crippen molar-refractivity contribution in [1.82, 2.24) is 4.57 Å². The van der Waals surface area contributed by atoms with Gasteiger partial charge in [0.05, 0.1) is 11.0 Å². The van der Waals surface area contributed by atoms with Crippen molar-refractivity contribution in [1.29, 1.82) is 0 Å². The fourth-order valence-corrected chi connectivity index (χ4v) is 9.18. The lowest BCUT2D eigenvalue weighted by atomic mass is 10.00. The molecule has 3 heteroatoms. The minimum Gasteiger partial charge on any atom is -0.456 e. The van der Waals surface area contributed by atoms with E-state index >= 15 is 0 Å². The number of hydrogen-bond acceptors (Lipinski definition) is 2. The Morgan fingerprint density at radius 1 is 0.295 bits per heavy atom. The highest BCUT2D eigenvalue weighted by Crippen LogP contribution is 2.40. The van der Waals surface area contributed by atoms with Crippen molar-refractivity contribution in [2.24, 2.45) is 0 Å². The van der Waals surface area contributed by atoms with E-state index in [1.54, 1.807) is 0 Å². The minimum absolute atomic E-state index is 0.892. The fourth-order valence-electron chi connectivity index (χ4n) is 9.18. The van der Waals surface area contributed by atoms with Gasteiger partial charge in [0, 0.05) is 44.3 Å². The van der Waals surface area contributed by atoms with Gasteiger partial charge in [-0.25, -0.2) is 0 Å². The molecule has 2 aromatic heterocycles. The van der Waals surface area contributed by atoms with Crippen LogP contribution in [0.2, 0.25) is 0 Å². The molecule has 0 N–H and O–H groups in total. The van der Waals surface area contributed by atoms with Crippen LogP contribution in [0, 0.1) is 0 Å². The Hall–Kier alpha value is -8.14. The summed E-state index contributed by atoms with van der Waals surface area (Å²) in [6, 6.07) is 83.0. The molecule has 0 saturated heterocycles. The third-order valence-electron chi connectivity index (χ3n) is 12.2. The van der Waals surface area contributed by atoms with E-state index in [0.29, 0.717) is 0 Å². The van der Waals surface area contributed by atoms with Gasteiger partial charge in [-0.15, -0.1) is 0 Å². The van der Waals surface area contributed by atoms with E-state index in [0.717, 1.165) is 61.4 Å². The summed E-state index contributed by atoms with van der Waals surface area (Å²) >= 11 is 0. The van der Waals surface area contributed by atoms with Gasteiger partial charge in [0.15, 0.2) is 0 Å². The highest BCUT2D eigenvalue weighted by atomic mass is 16.3. The number of furan rings is 1. The lowest BCUT2D eigenvalue weighted by Crippen LogP contribution is -2.10. The van der Waals surface area contributed by atoms with Gasteiger partial charge in [-0.2, -0.15) is 0 Å². The van der Waals surface area contributed by atoms with Crippen molar-refractivity contribution in [2.45, 2.75) is 0 Å². The van der Waals surface area contributed by atoms with Gasteiger partial charge in [0.2, 0.25) is 0 Å². The Kier molecular flexibility index (Phi) is 8.17. The summed E-state index contributed by atoms with van der Waals surface area (Å²) in [5.74, 6) is 0. The first-order valence-electron chi connectivity index (χ1n) is 20.8. The zero-order valence-corrected chi connectivity index (χ0v) is 33.2. The number of rotatable bonds is 7. The molecule has 10 aromatic carbocycles. The highest BCUT2D eigenvalue weighted by molar-refractivity contribution is 6.09. The van der Waals surface area contributed by atoms with E-state index in [-0.39, 0.29) is 0 Å². The minimum atomic E-state index is 0.892. The lowest BCUT2D eigenvalue weighted by Gasteiger charge is -2.26. The summed E-state index contributed by atoms with van der Waals surface area (Å²) in [5, 5.41) is 7.27.